The Bertz CT molecular complexity index is 4410. The quantitative estimate of drug-likeness (QED) is 0.0409. The van der Waals surface area contributed by atoms with Crippen LogP contribution in [0.3, 0.4) is 0 Å². The van der Waals surface area contributed by atoms with Crippen molar-refractivity contribution >= 4 is 122 Å². The van der Waals surface area contributed by atoms with Gasteiger partial charge in [0.05, 0.1) is 26.2 Å². The normalized spacial score (nSPS) is 14.2. The van der Waals surface area contributed by atoms with Crippen LogP contribution in [0.15, 0.2) is 60.7 Å². The minimum absolute atomic E-state index is 0. The smallest absolute Gasteiger partial charge is 0.242 e. The van der Waals surface area contributed by atoms with Gasteiger partial charge in [0.2, 0.25) is 23.6 Å². The van der Waals surface area contributed by atoms with Gasteiger partial charge in [0, 0.05) is 241 Å². The molecule has 0 aliphatic carbocycles. The maximum absolute atomic E-state index is 14.1. The summed E-state index contributed by atoms with van der Waals surface area (Å²) in [5.74, 6) is -11.4. The molecule has 1 radical (unpaired) electrons. The molecule has 147 heavy (non-hydrogen) atoms. The van der Waals surface area contributed by atoms with Gasteiger partial charge < -0.3 is 41.6 Å². The van der Waals surface area contributed by atoms with E-state index < -0.39 is 88.8 Å². The molecule has 6 N–H and O–H groups in total. The maximum Gasteiger partial charge on any atom is 0.242 e. The van der Waals surface area contributed by atoms with E-state index in [0.717, 1.165) is 56.1 Å². The molecule has 14 atom stereocenters. The zero-order valence-corrected chi connectivity index (χ0v) is 97.3. The van der Waals surface area contributed by atoms with Gasteiger partial charge in [-0.3, -0.25) is 102 Å². The van der Waals surface area contributed by atoms with Crippen molar-refractivity contribution in [1.29, 1.82) is 0 Å². The first kappa shape index (κ1) is 141. The molecule has 0 spiro atoms. The van der Waals surface area contributed by atoms with Gasteiger partial charge in [0.15, 0.2) is 17.3 Å². The van der Waals surface area contributed by atoms with Crippen LogP contribution in [0.1, 0.15) is 355 Å². The average molecular weight is 2130 g/mol. The third-order valence-electron chi connectivity index (χ3n) is 27.8. The third kappa shape index (κ3) is 59.9. The largest absolute Gasteiger partial charge is 0.542 e. The van der Waals surface area contributed by atoms with E-state index in [2.05, 4.69) is 0 Å². The first-order valence-corrected chi connectivity index (χ1v) is 54.4. The number of nitrogens with two attached hydrogens (primary N) is 3. The molecular formula is C118H190N7O21Y-. The molecule has 0 heterocycles. The van der Waals surface area contributed by atoms with Crippen molar-refractivity contribution in [2.75, 3.05) is 74.0 Å². The second-order valence-electron chi connectivity index (χ2n) is 44.2. The number of hydrogen-bond acceptors (Lipinski definition) is 24. The first-order valence-electron chi connectivity index (χ1n) is 54.4. The molecule has 2 aromatic carbocycles. The molecule has 0 bridgehead atoms. The van der Waals surface area contributed by atoms with Crippen LogP contribution in [0.4, 0.5) is 0 Å². The van der Waals surface area contributed by atoms with Crippen molar-refractivity contribution in [2.45, 2.75) is 357 Å². The van der Waals surface area contributed by atoms with Gasteiger partial charge in [-0.15, -0.1) is 5.92 Å². The molecule has 28 nitrogen and oxygen atoms in total. The Morgan fingerprint density at radius 2 is 0.565 bits per heavy atom. The van der Waals surface area contributed by atoms with Crippen LogP contribution in [0.25, 0.3) is 0 Å². The maximum atomic E-state index is 14.1. The summed E-state index contributed by atoms with van der Waals surface area (Å²) in [5.41, 5.74) is 18.8. The standard InChI is InChI=1S/C42H66N2O7.C41H63N2O7.C35H61N3O7.Y/c1-9-15-36(46)23-33(18-13-14-19-43)39(48)24-34(20-28(2)3)40(49)26-38(29(4)5)41(50)25-35(22-32-16-11-10-12-17-32)42(51)44(8)27-37(47)21-30(6)31(7)45;1-8-14-35(45)22-32(17-12-13-18-42)39(48)24-33(19-28(2)3)40(49)25-37(29(4)5)41(50)43(7)26-36(46)23-34(38(47)20-30(6)27-44)21-31-15-10-9-11-16-31;1-10-13-29(40)18-27(14-11-12-15-36)32(42)19-28(16-23(2)3)33(43)20-31(24(4)5)35(45)38(9)22-34(44)37(8)21-30(41)17-25(6)26(7)39;/h10-12,16-17,28-30,33-35,38H,9,13-15,18-27,43H2,1-8H3;9-11,15-16,28-30,32-34,37H,8,12-14,17-26,42H2,1-7H3;23-25,27-28,31H,10-22,36H2,1-9H3;/q;-1;;. The Hall–Kier alpha value is -8.31. The summed E-state index contributed by atoms with van der Waals surface area (Å²) >= 11 is 0. The van der Waals surface area contributed by atoms with Crippen molar-refractivity contribution in [2.24, 2.45) is 136 Å². The number of unbranched alkanes of at least 4 members (excludes halogenated alkanes) is 3. The van der Waals surface area contributed by atoms with Crippen molar-refractivity contribution < 1.29 is 133 Å². The number of nitrogens with zero attached hydrogens (tertiary/aromatic N) is 4. The van der Waals surface area contributed by atoms with E-state index in [1.54, 1.807) is 20.8 Å². The predicted octanol–water partition coefficient (Wildman–Crippen LogP) is 17.6. The van der Waals surface area contributed by atoms with Crippen LogP contribution in [-0.2, 0) is 146 Å². The van der Waals surface area contributed by atoms with Gasteiger partial charge in [-0.25, -0.2) is 0 Å². The number of ketones is 16. The van der Waals surface area contributed by atoms with Gasteiger partial charge in [0.25, 0.3) is 0 Å². The zero-order chi connectivity index (χ0) is 111. The first-order chi connectivity index (χ1) is 68.6. The molecule has 29 heteroatoms. The number of hydrogen-bond donors (Lipinski definition) is 3. The Morgan fingerprint density at radius 1 is 0.293 bits per heavy atom. The van der Waals surface area contributed by atoms with E-state index >= 15 is 0 Å². The van der Waals surface area contributed by atoms with Crippen LogP contribution in [-0.4, -0.2) is 216 Å². The molecule has 827 valence electrons. The minimum Gasteiger partial charge on any atom is -0.542 e. The molecule has 0 saturated heterocycles. The second-order valence-corrected chi connectivity index (χ2v) is 44.2. The summed E-state index contributed by atoms with van der Waals surface area (Å²) in [7, 11) is 6.05. The molecule has 2 rings (SSSR count). The Morgan fingerprint density at radius 3 is 0.864 bits per heavy atom. The molecule has 0 fully saturated rings. The third-order valence-corrected chi connectivity index (χ3v) is 27.8. The summed E-state index contributed by atoms with van der Waals surface area (Å²) < 4.78 is 0. The van der Waals surface area contributed by atoms with Crippen molar-refractivity contribution in [3.05, 3.63) is 71.8 Å². The Balaban J connectivity index is 0. The summed E-state index contributed by atoms with van der Waals surface area (Å²) in [6, 6.07) is 18.7. The van der Waals surface area contributed by atoms with Crippen molar-refractivity contribution in [1.82, 2.24) is 19.6 Å². The van der Waals surface area contributed by atoms with Gasteiger partial charge >= 0.3 is 0 Å². The molecule has 14 unspecified atom stereocenters. The van der Waals surface area contributed by atoms with Crippen LogP contribution in [0, 0.1) is 118 Å². The fraction of sp³-hybridized carbons (Fsp3) is 0.720. The average Bonchev–Trinajstić information content (AvgIpc) is 0.842. The van der Waals surface area contributed by atoms with Crippen molar-refractivity contribution in [3.63, 3.8) is 0 Å². The number of carbonyl (C=O) groups is 20. The minimum atomic E-state index is -0.748. The molecule has 2 aromatic rings. The van der Waals surface area contributed by atoms with Crippen LogP contribution in [0.5, 0.6) is 0 Å². The number of Topliss-reactive ketones (excluding diaryl/α,β-unsaturated/α-hetero) is 16. The van der Waals surface area contributed by atoms with Crippen LogP contribution >= 0.6 is 0 Å². The van der Waals surface area contributed by atoms with Gasteiger partial charge in [0.1, 0.15) is 75.2 Å². The van der Waals surface area contributed by atoms with Crippen LogP contribution < -0.4 is 17.2 Å². The molecule has 0 aliphatic heterocycles. The van der Waals surface area contributed by atoms with E-state index in [1.165, 1.54) is 61.6 Å². The Kier molecular flexibility index (Phi) is 74.6. The predicted molar refractivity (Wildman–Crippen MR) is 575 cm³/mol. The van der Waals surface area contributed by atoms with E-state index in [9.17, 15) is 101 Å². The van der Waals surface area contributed by atoms with Gasteiger partial charge in [-0.05, 0) is 176 Å². The molecular weight excluding hydrogens is 1940 g/mol. The monoisotopic (exact) mass is 2130 g/mol. The van der Waals surface area contributed by atoms with Gasteiger partial charge in [-0.1, -0.05) is 205 Å². The fourth-order valence-electron chi connectivity index (χ4n) is 18.7. The van der Waals surface area contributed by atoms with Crippen LogP contribution in [0.2, 0.25) is 0 Å². The summed E-state index contributed by atoms with van der Waals surface area (Å²) in [5, 5.41) is 0. The van der Waals surface area contributed by atoms with E-state index in [0.29, 0.717) is 103 Å². The number of likely N-dealkylation sites (N-methyl/N-ethyl adjacent to an activating group) is 4. The van der Waals surface area contributed by atoms with E-state index in [4.69, 9.17) is 17.2 Å². The van der Waals surface area contributed by atoms with E-state index in [1.807, 2.05) is 171 Å². The number of rotatable bonds is 81. The second kappa shape index (κ2) is 77.9. The molecule has 0 saturated carbocycles. The summed E-state index contributed by atoms with van der Waals surface area (Å²) in [6.45, 7) is 37.5. The molecule has 0 aromatic heterocycles. The summed E-state index contributed by atoms with van der Waals surface area (Å²) in [6.07, 6.45) is 14.0. The van der Waals surface area contributed by atoms with E-state index in [-0.39, 0.29) is 295 Å². The van der Waals surface area contributed by atoms with Crippen molar-refractivity contribution in [3.8, 4) is 0 Å². The number of amides is 4. The fourth-order valence-corrected chi connectivity index (χ4v) is 18.7. The number of benzene rings is 2. The molecule has 0 aliphatic rings. The SMILES string of the molecule is CCCC(=O)CC(CCCCN)C(=O)CC(CC(C)C)C(=O)CC(C(=O)CC(Cc1ccccc1)C(=O)N(C)CC(=O)CC(C)C(C)=O)C(C)C.CCCC(=O)CC(CCCCN)C(=O)CC(CC(C)C)C(=O)CC(C(=O)N(C)CC(=O)CC(Cc1ccccc1)C(=O)CC(C)[C-]=O)C(C)C.CCCC(=O)CC(CCCCN)C(=O)CC(CC(C)C)C(=O)CC(C(=O)N(C)CC(=O)N(C)CC(=O)CC(C)C(C)=O)C(C)C.[Y]. The number of carbonyl (C=O) groups excluding carboxylic acids is 21. The summed E-state index contributed by atoms with van der Waals surface area (Å²) in [4.78, 5) is 279. The zero-order valence-electron chi connectivity index (χ0n) is 94.5. The molecule has 4 amide bonds. The Labute approximate surface area is 907 Å². The van der Waals surface area contributed by atoms with Gasteiger partial charge in [-0.2, -0.15) is 0 Å². The topological polar surface area (TPSA) is 449 Å².